The normalized spacial score (nSPS) is 10.6. The third kappa shape index (κ3) is 14.9. The molecule has 0 rings (SSSR count). The molecule has 31 heavy (non-hydrogen) atoms. The Morgan fingerprint density at radius 3 is 1.55 bits per heavy atom. The van der Waals surface area contributed by atoms with Crippen molar-refractivity contribution in [2.24, 2.45) is 5.41 Å². The van der Waals surface area contributed by atoms with Crippen molar-refractivity contribution in [2.75, 3.05) is 19.8 Å². The maximum Gasteiger partial charge on any atom is 0.330 e. The maximum atomic E-state index is 11.7. The summed E-state index contributed by atoms with van der Waals surface area (Å²) in [6, 6.07) is 0. The highest BCUT2D eigenvalue weighted by Gasteiger charge is 2.32. The minimum Gasteiger partial charge on any atom is -0.463 e. The molecule has 6 heteroatoms. The van der Waals surface area contributed by atoms with Gasteiger partial charge >= 0.3 is 17.9 Å². The fraction of sp³-hybridized carbons (Fsp3) is 0.560. The molecule has 0 bridgehead atoms. The van der Waals surface area contributed by atoms with Gasteiger partial charge in [0.25, 0.3) is 0 Å². The van der Waals surface area contributed by atoms with Crippen LogP contribution in [-0.2, 0) is 28.6 Å². The number of carbonyl (C=O) groups is 3. The van der Waals surface area contributed by atoms with Gasteiger partial charge in [-0.1, -0.05) is 57.9 Å². The van der Waals surface area contributed by atoms with Crippen molar-refractivity contribution in [3.63, 3.8) is 0 Å². The molecule has 0 heterocycles. The van der Waals surface area contributed by atoms with Crippen molar-refractivity contribution in [3.05, 3.63) is 50.6 Å². The summed E-state index contributed by atoms with van der Waals surface area (Å²) in [5.41, 5.74) is -0.479. The first kappa shape index (κ1) is 28.4. The summed E-state index contributed by atoms with van der Waals surface area (Å²) >= 11 is 0. The van der Waals surface area contributed by atoms with Gasteiger partial charge in [0.1, 0.15) is 13.2 Å². The van der Waals surface area contributed by atoms with Crippen molar-refractivity contribution in [1.29, 1.82) is 0 Å². The van der Waals surface area contributed by atoms with E-state index in [1.54, 1.807) is 0 Å². The molecule has 0 radical (unpaired) electrons. The van der Waals surface area contributed by atoms with E-state index >= 15 is 0 Å². The standard InChI is InChI=1S/C25H38O6/c1-5-9-10-11-12-14-17-25(20-30-23(27)7-3,21-31-24(28)8-4)18-15-13-16-19-29-22(26)6-2/h5-8H,1-4,9-21H2. The molecule has 6 nitrogen and oxygen atoms in total. The van der Waals surface area contributed by atoms with E-state index in [2.05, 4.69) is 26.3 Å². The molecule has 0 N–H and O–H groups in total. The first-order valence-corrected chi connectivity index (χ1v) is 10.9. The predicted octanol–water partition coefficient (Wildman–Crippen LogP) is 5.25. The van der Waals surface area contributed by atoms with E-state index in [9.17, 15) is 14.4 Å². The zero-order chi connectivity index (χ0) is 23.4. The topological polar surface area (TPSA) is 78.9 Å². The number of unbranched alkanes of at least 4 members (excludes halogenated alkanes) is 6. The summed E-state index contributed by atoms with van der Waals surface area (Å²) in [7, 11) is 0. The Morgan fingerprint density at radius 1 is 0.613 bits per heavy atom. The number of rotatable bonds is 20. The van der Waals surface area contributed by atoms with Gasteiger partial charge < -0.3 is 14.2 Å². The van der Waals surface area contributed by atoms with Gasteiger partial charge in [-0.15, -0.1) is 6.58 Å². The monoisotopic (exact) mass is 434 g/mol. The number of hydrogen-bond donors (Lipinski definition) is 0. The van der Waals surface area contributed by atoms with Crippen LogP contribution < -0.4 is 0 Å². The van der Waals surface area contributed by atoms with Crippen LogP contribution in [0.2, 0.25) is 0 Å². The number of esters is 3. The molecule has 0 unspecified atom stereocenters. The lowest BCUT2D eigenvalue weighted by Crippen LogP contribution is -2.34. The van der Waals surface area contributed by atoms with E-state index < -0.39 is 23.3 Å². The van der Waals surface area contributed by atoms with Gasteiger partial charge in [-0.25, -0.2) is 14.4 Å². The average molecular weight is 435 g/mol. The van der Waals surface area contributed by atoms with Gasteiger partial charge in [0.2, 0.25) is 0 Å². The second kappa shape index (κ2) is 18.2. The number of hydrogen-bond acceptors (Lipinski definition) is 6. The Bertz CT molecular complexity index is 569. The van der Waals surface area contributed by atoms with Gasteiger partial charge in [-0.3, -0.25) is 0 Å². The highest BCUT2D eigenvalue weighted by Crippen LogP contribution is 2.33. The summed E-state index contributed by atoms with van der Waals surface area (Å²) in [5, 5.41) is 0. The van der Waals surface area contributed by atoms with Crippen LogP contribution in [0, 0.1) is 5.41 Å². The molecule has 0 spiro atoms. The van der Waals surface area contributed by atoms with Crippen molar-refractivity contribution < 1.29 is 28.6 Å². The highest BCUT2D eigenvalue weighted by atomic mass is 16.5. The lowest BCUT2D eigenvalue weighted by atomic mass is 9.79. The van der Waals surface area contributed by atoms with Crippen LogP contribution in [0.25, 0.3) is 0 Å². The molecule has 0 fully saturated rings. The average Bonchev–Trinajstić information content (AvgIpc) is 2.79. The van der Waals surface area contributed by atoms with E-state index in [0.29, 0.717) is 13.0 Å². The molecule has 0 atom stereocenters. The van der Waals surface area contributed by atoms with Crippen LogP contribution in [0.15, 0.2) is 50.6 Å². The van der Waals surface area contributed by atoms with Gasteiger partial charge in [-0.2, -0.15) is 0 Å². The van der Waals surface area contributed by atoms with Gasteiger partial charge in [0.05, 0.1) is 6.61 Å². The third-order valence-corrected chi connectivity index (χ3v) is 5.00. The molecule has 0 aliphatic carbocycles. The molecule has 0 aromatic heterocycles. The fourth-order valence-electron chi connectivity index (χ4n) is 3.17. The summed E-state index contributed by atoms with van der Waals surface area (Å²) in [5.74, 6) is -1.43. The molecule has 0 aliphatic heterocycles. The Labute approximate surface area is 187 Å². The molecular formula is C25H38O6. The second-order valence-corrected chi connectivity index (χ2v) is 7.55. The maximum absolute atomic E-state index is 11.7. The van der Waals surface area contributed by atoms with Crippen LogP contribution in [0.3, 0.4) is 0 Å². The van der Waals surface area contributed by atoms with Gasteiger partial charge in [0, 0.05) is 23.6 Å². The first-order chi connectivity index (χ1) is 14.9. The quantitative estimate of drug-likeness (QED) is 0.0856. The molecule has 0 amide bonds. The van der Waals surface area contributed by atoms with E-state index in [4.69, 9.17) is 14.2 Å². The van der Waals surface area contributed by atoms with E-state index in [1.165, 1.54) is 0 Å². The molecule has 0 aromatic carbocycles. The largest absolute Gasteiger partial charge is 0.463 e. The molecule has 0 aliphatic rings. The zero-order valence-electron chi connectivity index (χ0n) is 18.8. The van der Waals surface area contributed by atoms with Gasteiger partial charge in [-0.05, 0) is 32.1 Å². The summed E-state index contributed by atoms with van der Waals surface area (Å²) < 4.78 is 15.7. The molecular weight excluding hydrogens is 396 g/mol. The summed E-state index contributed by atoms with van der Waals surface area (Å²) in [6.45, 7) is 14.6. The minimum atomic E-state index is -0.498. The fourth-order valence-corrected chi connectivity index (χ4v) is 3.17. The number of allylic oxidation sites excluding steroid dienone is 1. The van der Waals surface area contributed by atoms with Crippen molar-refractivity contribution >= 4 is 17.9 Å². The Hall–Kier alpha value is -2.63. The highest BCUT2D eigenvalue weighted by molar-refractivity contribution is 5.82. The van der Waals surface area contributed by atoms with Crippen molar-refractivity contribution in [2.45, 2.75) is 64.2 Å². The van der Waals surface area contributed by atoms with E-state index in [-0.39, 0.29) is 13.2 Å². The summed E-state index contributed by atoms with van der Waals surface area (Å²) in [4.78, 5) is 34.5. The van der Waals surface area contributed by atoms with Gasteiger partial charge in [0.15, 0.2) is 0 Å². The lowest BCUT2D eigenvalue weighted by molar-refractivity contribution is -0.149. The molecule has 0 saturated carbocycles. The van der Waals surface area contributed by atoms with Crippen LogP contribution in [0.5, 0.6) is 0 Å². The van der Waals surface area contributed by atoms with Crippen LogP contribution in [0.4, 0.5) is 0 Å². The summed E-state index contributed by atoms with van der Waals surface area (Å²) in [6.07, 6.45) is 14.3. The Balaban J connectivity index is 4.94. The zero-order valence-corrected chi connectivity index (χ0v) is 18.8. The Kier molecular flexibility index (Phi) is 16.6. The van der Waals surface area contributed by atoms with Crippen molar-refractivity contribution in [3.8, 4) is 0 Å². The van der Waals surface area contributed by atoms with Crippen LogP contribution >= 0.6 is 0 Å². The van der Waals surface area contributed by atoms with Crippen LogP contribution in [-0.4, -0.2) is 37.7 Å². The predicted molar refractivity (Wildman–Crippen MR) is 122 cm³/mol. The smallest absolute Gasteiger partial charge is 0.330 e. The van der Waals surface area contributed by atoms with E-state index in [0.717, 1.165) is 76.0 Å². The number of carbonyl (C=O) groups excluding carboxylic acids is 3. The van der Waals surface area contributed by atoms with Crippen LogP contribution in [0.1, 0.15) is 64.2 Å². The molecule has 0 saturated heterocycles. The Morgan fingerprint density at radius 2 is 1.06 bits per heavy atom. The number of ether oxygens (including phenoxy) is 3. The minimum absolute atomic E-state index is 0.153. The molecule has 0 aromatic rings. The van der Waals surface area contributed by atoms with Crippen molar-refractivity contribution in [1.82, 2.24) is 0 Å². The SMILES string of the molecule is C=CCCCCCCC(CCCCCOC(=O)C=C)(COC(=O)C=C)COC(=O)C=C. The lowest BCUT2D eigenvalue weighted by Gasteiger charge is -2.33. The third-order valence-electron chi connectivity index (χ3n) is 5.00. The molecule has 174 valence electrons. The first-order valence-electron chi connectivity index (χ1n) is 10.9. The second-order valence-electron chi connectivity index (χ2n) is 7.55. The van der Waals surface area contributed by atoms with E-state index in [1.807, 2.05) is 6.08 Å².